The minimum atomic E-state index is -4.59. The van der Waals surface area contributed by atoms with Crippen LogP contribution in [0.25, 0.3) is 0 Å². The highest BCUT2D eigenvalue weighted by Gasteiger charge is 2.29. The van der Waals surface area contributed by atoms with Crippen molar-refractivity contribution in [1.29, 1.82) is 0 Å². The van der Waals surface area contributed by atoms with Crippen LogP contribution < -0.4 is 5.32 Å². The van der Waals surface area contributed by atoms with Gasteiger partial charge in [0.2, 0.25) is 9.84 Å². The summed E-state index contributed by atoms with van der Waals surface area (Å²) >= 11 is 0. The first-order chi connectivity index (χ1) is 9.82. The molecule has 120 valence electrons. The van der Waals surface area contributed by atoms with Crippen LogP contribution in [-0.2, 0) is 9.84 Å². The van der Waals surface area contributed by atoms with Crippen molar-refractivity contribution in [2.24, 2.45) is 5.92 Å². The van der Waals surface area contributed by atoms with Crippen LogP contribution in [0.4, 0.5) is 14.5 Å². The molecule has 0 heterocycles. The summed E-state index contributed by atoms with van der Waals surface area (Å²) in [6.07, 6.45) is 2.69. The first kappa shape index (κ1) is 17.9. The summed E-state index contributed by atoms with van der Waals surface area (Å²) in [6, 6.07) is 5.92. The van der Waals surface area contributed by atoms with E-state index >= 15 is 0 Å². The Morgan fingerprint density at radius 2 is 1.76 bits per heavy atom. The fraction of sp³-hybridized carbons (Fsp3) is 0.600. The molecule has 0 aliphatic rings. The maximum atomic E-state index is 12.7. The highest BCUT2D eigenvalue weighted by atomic mass is 32.2. The molecule has 1 aromatic carbocycles. The van der Waals surface area contributed by atoms with Gasteiger partial charge in [-0.1, -0.05) is 39.3 Å². The minimum absolute atomic E-state index is 0.0639. The van der Waals surface area contributed by atoms with Crippen molar-refractivity contribution in [3.8, 4) is 0 Å². The summed E-state index contributed by atoms with van der Waals surface area (Å²) < 4.78 is 48.9. The predicted octanol–water partition coefficient (Wildman–Crippen LogP) is 4.31. The largest absolute Gasteiger partial charge is 0.381 e. The van der Waals surface area contributed by atoms with E-state index in [0.29, 0.717) is 5.92 Å². The van der Waals surface area contributed by atoms with Gasteiger partial charge >= 0.3 is 5.76 Å². The molecule has 0 amide bonds. The molecular weight excluding hydrogens is 296 g/mol. The fourth-order valence-electron chi connectivity index (χ4n) is 2.13. The number of nitrogens with one attached hydrogen (secondary N) is 1. The van der Waals surface area contributed by atoms with Crippen LogP contribution in [0.5, 0.6) is 0 Å². The third-order valence-corrected chi connectivity index (χ3v) is 5.10. The molecular formula is C15H23F2NO2S. The van der Waals surface area contributed by atoms with Gasteiger partial charge in [0.25, 0.3) is 0 Å². The standard InChI is InChI=1S/C15H23F2NO2S/c1-4-11(3)10-12(5-2)18-13-8-6-7-9-14(13)21(19,20)15(16)17/h6-9,11-12,15,18H,4-5,10H2,1-3H3. The first-order valence-electron chi connectivity index (χ1n) is 7.20. The second kappa shape index (κ2) is 7.73. The van der Waals surface area contributed by atoms with E-state index in [2.05, 4.69) is 19.2 Å². The lowest BCUT2D eigenvalue weighted by molar-refractivity contribution is 0.235. The molecule has 0 bridgehead atoms. The normalized spacial score (nSPS) is 15.0. The third kappa shape index (κ3) is 4.66. The number of sulfone groups is 1. The Balaban J connectivity index is 3.04. The van der Waals surface area contributed by atoms with Crippen LogP contribution in [-0.4, -0.2) is 20.2 Å². The number of rotatable bonds is 8. The van der Waals surface area contributed by atoms with Crippen LogP contribution in [0, 0.1) is 5.92 Å². The van der Waals surface area contributed by atoms with Crippen molar-refractivity contribution in [3.05, 3.63) is 24.3 Å². The van der Waals surface area contributed by atoms with E-state index in [-0.39, 0.29) is 16.6 Å². The average molecular weight is 319 g/mol. The quantitative estimate of drug-likeness (QED) is 0.776. The van der Waals surface area contributed by atoms with Gasteiger partial charge in [0.1, 0.15) is 0 Å². The third-order valence-electron chi connectivity index (χ3n) is 3.66. The Morgan fingerprint density at radius 1 is 1.14 bits per heavy atom. The van der Waals surface area contributed by atoms with Crippen molar-refractivity contribution in [2.45, 2.75) is 56.7 Å². The lowest BCUT2D eigenvalue weighted by Gasteiger charge is -2.23. The van der Waals surface area contributed by atoms with Crippen molar-refractivity contribution >= 4 is 15.5 Å². The molecule has 2 atom stereocenters. The molecule has 3 nitrogen and oxygen atoms in total. The molecule has 2 unspecified atom stereocenters. The van der Waals surface area contributed by atoms with E-state index in [1.165, 1.54) is 18.2 Å². The minimum Gasteiger partial charge on any atom is -0.381 e. The highest BCUT2D eigenvalue weighted by molar-refractivity contribution is 7.91. The number of hydrogen-bond acceptors (Lipinski definition) is 3. The zero-order chi connectivity index (χ0) is 16.0. The molecule has 0 saturated carbocycles. The number of hydrogen-bond donors (Lipinski definition) is 1. The lowest BCUT2D eigenvalue weighted by atomic mass is 9.97. The molecule has 6 heteroatoms. The van der Waals surface area contributed by atoms with Crippen LogP contribution in [0.15, 0.2) is 29.2 Å². The zero-order valence-electron chi connectivity index (χ0n) is 12.6. The van der Waals surface area contributed by atoms with E-state index in [0.717, 1.165) is 19.3 Å². The van der Waals surface area contributed by atoms with E-state index < -0.39 is 15.6 Å². The summed E-state index contributed by atoms with van der Waals surface area (Å²) in [5, 5.41) is 3.11. The molecule has 21 heavy (non-hydrogen) atoms. The maximum absolute atomic E-state index is 12.7. The van der Waals surface area contributed by atoms with Crippen LogP contribution in [0.2, 0.25) is 0 Å². The van der Waals surface area contributed by atoms with Crippen molar-refractivity contribution in [2.75, 3.05) is 5.32 Å². The molecule has 0 fully saturated rings. The van der Waals surface area contributed by atoms with Crippen LogP contribution in [0.3, 0.4) is 0 Å². The van der Waals surface area contributed by atoms with Crippen molar-refractivity contribution in [3.63, 3.8) is 0 Å². The molecule has 0 saturated heterocycles. The molecule has 1 aromatic rings. The van der Waals surface area contributed by atoms with Gasteiger partial charge in [0.15, 0.2) is 0 Å². The number of anilines is 1. The molecule has 0 aliphatic carbocycles. The molecule has 0 spiro atoms. The molecule has 1 N–H and O–H groups in total. The van der Waals surface area contributed by atoms with Gasteiger partial charge in [-0.25, -0.2) is 8.42 Å². The summed E-state index contributed by atoms with van der Waals surface area (Å²) in [5.41, 5.74) is 0.257. The van der Waals surface area contributed by atoms with Crippen molar-refractivity contribution < 1.29 is 17.2 Å². The lowest BCUT2D eigenvalue weighted by Crippen LogP contribution is -2.23. The Labute approximate surface area is 125 Å². The molecule has 0 aromatic heterocycles. The van der Waals surface area contributed by atoms with E-state index in [9.17, 15) is 17.2 Å². The van der Waals surface area contributed by atoms with Gasteiger partial charge in [-0.3, -0.25) is 0 Å². The number of halogens is 2. The summed E-state index contributed by atoms with van der Waals surface area (Å²) in [7, 11) is -4.59. The second-order valence-corrected chi connectivity index (χ2v) is 7.19. The Kier molecular flexibility index (Phi) is 6.58. The molecule has 0 aliphatic heterocycles. The number of para-hydroxylation sites is 1. The molecule has 0 radical (unpaired) electrons. The van der Waals surface area contributed by atoms with Gasteiger partial charge < -0.3 is 5.32 Å². The van der Waals surface area contributed by atoms with E-state index in [1.807, 2.05) is 6.92 Å². The van der Waals surface area contributed by atoms with Gasteiger partial charge in [0, 0.05) is 6.04 Å². The van der Waals surface area contributed by atoms with Gasteiger partial charge in [-0.05, 0) is 30.9 Å². The van der Waals surface area contributed by atoms with Crippen LogP contribution >= 0.6 is 0 Å². The second-order valence-electron chi connectivity index (χ2n) is 5.30. The Bertz CT molecular complexity index is 546. The topological polar surface area (TPSA) is 46.2 Å². The number of alkyl halides is 2. The monoisotopic (exact) mass is 319 g/mol. The predicted molar refractivity (Wildman–Crippen MR) is 81.4 cm³/mol. The summed E-state index contributed by atoms with van der Waals surface area (Å²) in [6.45, 7) is 6.20. The SMILES string of the molecule is CCC(C)CC(CC)Nc1ccccc1S(=O)(=O)C(F)F. The first-order valence-corrected chi connectivity index (χ1v) is 8.75. The Morgan fingerprint density at radius 3 is 2.29 bits per heavy atom. The van der Waals surface area contributed by atoms with Gasteiger partial charge in [-0.15, -0.1) is 0 Å². The smallest absolute Gasteiger partial charge is 0.341 e. The zero-order valence-corrected chi connectivity index (χ0v) is 13.5. The summed E-state index contributed by atoms with van der Waals surface area (Å²) in [4.78, 5) is -0.331. The van der Waals surface area contributed by atoms with E-state index in [4.69, 9.17) is 0 Å². The summed E-state index contributed by atoms with van der Waals surface area (Å²) in [5.74, 6) is -2.92. The van der Waals surface area contributed by atoms with Gasteiger partial charge in [-0.2, -0.15) is 8.78 Å². The van der Waals surface area contributed by atoms with Crippen LogP contribution in [0.1, 0.15) is 40.0 Å². The number of benzene rings is 1. The van der Waals surface area contributed by atoms with Crippen molar-refractivity contribution in [1.82, 2.24) is 0 Å². The Hall–Kier alpha value is -1.17. The van der Waals surface area contributed by atoms with E-state index in [1.54, 1.807) is 6.07 Å². The maximum Gasteiger partial charge on any atom is 0.341 e. The van der Waals surface area contributed by atoms with Gasteiger partial charge in [0.05, 0.1) is 10.6 Å². The fourth-order valence-corrected chi connectivity index (χ4v) is 3.02. The molecule has 1 rings (SSSR count). The highest BCUT2D eigenvalue weighted by Crippen LogP contribution is 2.28. The average Bonchev–Trinajstić information content (AvgIpc) is 2.46.